The van der Waals surface area contributed by atoms with Gasteiger partial charge in [-0.2, -0.15) is 0 Å². The normalized spacial score (nSPS) is 15.8. The van der Waals surface area contributed by atoms with E-state index in [2.05, 4.69) is 0 Å². The second-order valence-corrected chi connectivity index (χ2v) is 11.6. The summed E-state index contributed by atoms with van der Waals surface area (Å²) in [6.07, 6.45) is 5.64. The van der Waals surface area contributed by atoms with Crippen LogP contribution in [0.1, 0.15) is 64.5 Å². The SMILES string of the molecule is O=C1O/C(=C\c2ccccc2)c2ccccc21.O=C1O/C(=C\c2ccccc2)c2ccccc21.O=C1O/C(=C\c2ccccc2)c2ccccc21. The molecule has 0 spiro atoms. The molecule has 0 saturated heterocycles. The summed E-state index contributed by atoms with van der Waals surface area (Å²) in [5, 5.41) is 0. The van der Waals surface area contributed by atoms with E-state index in [-0.39, 0.29) is 17.9 Å². The molecule has 9 rings (SSSR count). The van der Waals surface area contributed by atoms with Crippen molar-refractivity contribution >= 4 is 53.4 Å². The molecule has 0 amide bonds. The second-order valence-electron chi connectivity index (χ2n) is 11.6. The lowest BCUT2D eigenvalue weighted by Crippen LogP contribution is -1.92. The van der Waals surface area contributed by atoms with Crippen molar-refractivity contribution in [2.24, 2.45) is 0 Å². The predicted molar refractivity (Wildman–Crippen MR) is 199 cm³/mol. The van der Waals surface area contributed by atoms with E-state index in [1.165, 1.54) is 0 Å². The molecular formula is C45H30O6. The van der Waals surface area contributed by atoms with E-state index < -0.39 is 0 Å². The van der Waals surface area contributed by atoms with Crippen molar-refractivity contribution in [1.29, 1.82) is 0 Å². The topological polar surface area (TPSA) is 78.9 Å². The molecule has 6 nitrogen and oxygen atoms in total. The van der Waals surface area contributed by atoms with Gasteiger partial charge in [-0.3, -0.25) is 0 Å². The number of benzene rings is 6. The molecule has 246 valence electrons. The van der Waals surface area contributed by atoms with Crippen molar-refractivity contribution in [1.82, 2.24) is 0 Å². The number of hydrogen-bond donors (Lipinski definition) is 0. The van der Waals surface area contributed by atoms with Crippen molar-refractivity contribution < 1.29 is 28.6 Å². The number of hydrogen-bond acceptors (Lipinski definition) is 6. The number of carbonyl (C=O) groups excluding carboxylic acids is 3. The van der Waals surface area contributed by atoms with Crippen LogP contribution in [0.25, 0.3) is 35.5 Å². The van der Waals surface area contributed by atoms with Crippen LogP contribution in [0.3, 0.4) is 0 Å². The molecule has 0 fully saturated rings. The third-order valence-corrected chi connectivity index (χ3v) is 8.14. The smallest absolute Gasteiger partial charge is 0.344 e. The fourth-order valence-corrected chi connectivity index (χ4v) is 5.68. The first kappa shape index (κ1) is 32.5. The largest absolute Gasteiger partial charge is 0.422 e. The Kier molecular flexibility index (Phi) is 9.57. The molecule has 6 aromatic carbocycles. The van der Waals surface area contributed by atoms with Gasteiger partial charge in [-0.1, -0.05) is 146 Å². The predicted octanol–water partition coefficient (Wildman–Crippen LogP) is 10.1. The number of esters is 3. The molecule has 6 aromatic rings. The maximum Gasteiger partial charge on any atom is 0.344 e. The van der Waals surface area contributed by atoms with Crippen LogP contribution in [0, 0.1) is 0 Å². The summed E-state index contributed by atoms with van der Waals surface area (Å²) in [6.45, 7) is 0. The fourth-order valence-electron chi connectivity index (χ4n) is 5.68. The van der Waals surface area contributed by atoms with Gasteiger partial charge in [0.15, 0.2) is 0 Å². The summed E-state index contributed by atoms with van der Waals surface area (Å²) < 4.78 is 15.8. The van der Waals surface area contributed by atoms with Gasteiger partial charge in [-0.15, -0.1) is 0 Å². The maximum atomic E-state index is 11.6. The van der Waals surface area contributed by atoms with Crippen LogP contribution in [0.5, 0.6) is 0 Å². The molecule has 51 heavy (non-hydrogen) atoms. The first-order chi connectivity index (χ1) is 25.0. The summed E-state index contributed by atoms with van der Waals surface area (Å²) in [5.41, 5.74) is 7.55. The zero-order chi connectivity index (χ0) is 35.0. The lowest BCUT2D eigenvalue weighted by molar-refractivity contribution is 0.0707. The van der Waals surface area contributed by atoms with Crippen LogP contribution in [0.2, 0.25) is 0 Å². The molecule has 0 atom stereocenters. The van der Waals surface area contributed by atoms with Crippen LogP contribution in [0.4, 0.5) is 0 Å². The molecule has 6 heteroatoms. The van der Waals surface area contributed by atoms with Gasteiger partial charge in [0.05, 0.1) is 16.7 Å². The lowest BCUT2D eigenvalue weighted by Gasteiger charge is -1.98. The molecule has 3 aliphatic heterocycles. The maximum absolute atomic E-state index is 11.6. The molecule has 0 saturated carbocycles. The quantitative estimate of drug-likeness (QED) is 0.138. The van der Waals surface area contributed by atoms with Crippen LogP contribution in [-0.2, 0) is 14.2 Å². The standard InChI is InChI=1S/3C15H10O2/c3*16-15-13-9-5-4-8-12(13)14(17-15)10-11-6-2-1-3-7-11/h3*1-10H/b3*14-10-. The van der Waals surface area contributed by atoms with Gasteiger partial charge in [0.1, 0.15) is 17.3 Å². The zero-order valence-corrected chi connectivity index (χ0v) is 27.3. The van der Waals surface area contributed by atoms with Crippen molar-refractivity contribution in [3.63, 3.8) is 0 Å². The summed E-state index contributed by atoms with van der Waals surface area (Å²) >= 11 is 0. The Morgan fingerprint density at radius 3 is 0.745 bits per heavy atom. The first-order valence-electron chi connectivity index (χ1n) is 16.3. The average molecular weight is 667 g/mol. The Morgan fingerprint density at radius 2 is 0.490 bits per heavy atom. The van der Waals surface area contributed by atoms with E-state index in [0.717, 1.165) is 33.4 Å². The molecule has 0 radical (unpaired) electrons. The Bertz CT molecular complexity index is 2060. The molecule has 0 unspecified atom stereocenters. The van der Waals surface area contributed by atoms with Crippen molar-refractivity contribution in [2.45, 2.75) is 0 Å². The third kappa shape index (κ3) is 7.51. The van der Waals surface area contributed by atoms with E-state index >= 15 is 0 Å². The Morgan fingerprint density at radius 1 is 0.275 bits per heavy atom. The molecule has 0 bridgehead atoms. The van der Waals surface area contributed by atoms with Crippen molar-refractivity contribution in [3.8, 4) is 0 Å². The Labute approximate surface area is 295 Å². The number of cyclic esters (lactones) is 3. The first-order valence-corrected chi connectivity index (χ1v) is 16.3. The van der Waals surface area contributed by atoms with E-state index in [1.807, 2.05) is 164 Å². The van der Waals surface area contributed by atoms with E-state index in [0.29, 0.717) is 34.0 Å². The van der Waals surface area contributed by atoms with Gasteiger partial charge in [0, 0.05) is 16.7 Å². The van der Waals surface area contributed by atoms with Gasteiger partial charge in [0.2, 0.25) is 0 Å². The van der Waals surface area contributed by atoms with Crippen LogP contribution in [-0.4, -0.2) is 17.9 Å². The van der Waals surface area contributed by atoms with Crippen LogP contribution >= 0.6 is 0 Å². The van der Waals surface area contributed by atoms with E-state index in [9.17, 15) is 14.4 Å². The minimum absolute atomic E-state index is 0.275. The number of rotatable bonds is 3. The minimum Gasteiger partial charge on any atom is -0.422 e. The van der Waals surface area contributed by atoms with E-state index in [1.54, 1.807) is 18.2 Å². The Balaban J connectivity index is 0.000000119. The highest BCUT2D eigenvalue weighted by Gasteiger charge is 2.27. The van der Waals surface area contributed by atoms with Crippen LogP contribution in [0.15, 0.2) is 164 Å². The monoisotopic (exact) mass is 666 g/mol. The molecule has 3 heterocycles. The molecular weight excluding hydrogens is 636 g/mol. The van der Waals surface area contributed by atoms with E-state index in [4.69, 9.17) is 14.2 Å². The molecule has 0 aliphatic carbocycles. The lowest BCUT2D eigenvalue weighted by atomic mass is 10.1. The molecule has 0 aromatic heterocycles. The number of fused-ring (bicyclic) bond motifs is 3. The fraction of sp³-hybridized carbons (Fsp3) is 0. The average Bonchev–Trinajstić information content (AvgIpc) is 3.79. The van der Waals surface area contributed by atoms with Crippen LogP contribution < -0.4 is 0 Å². The molecule has 3 aliphatic rings. The highest BCUT2D eigenvalue weighted by Crippen LogP contribution is 2.33. The summed E-state index contributed by atoms with van der Waals surface area (Å²) in [5.74, 6) is 1.04. The van der Waals surface area contributed by atoms with Gasteiger partial charge < -0.3 is 14.2 Å². The van der Waals surface area contributed by atoms with Gasteiger partial charge in [-0.25, -0.2) is 14.4 Å². The summed E-state index contributed by atoms with van der Waals surface area (Å²) in [4.78, 5) is 34.8. The highest BCUT2D eigenvalue weighted by molar-refractivity contribution is 6.07. The molecule has 0 N–H and O–H groups in total. The summed E-state index contributed by atoms with van der Waals surface area (Å²) in [7, 11) is 0. The van der Waals surface area contributed by atoms with Crippen molar-refractivity contribution in [2.75, 3.05) is 0 Å². The highest BCUT2D eigenvalue weighted by atomic mass is 16.6. The second kappa shape index (κ2) is 15.0. The van der Waals surface area contributed by atoms with Crippen molar-refractivity contribution in [3.05, 3.63) is 214 Å². The number of ether oxygens (including phenoxy) is 3. The Hall–Kier alpha value is -7.05. The number of carbonyl (C=O) groups is 3. The zero-order valence-electron chi connectivity index (χ0n) is 27.3. The van der Waals surface area contributed by atoms with Gasteiger partial charge in [0.25, 0.3) is 0 Å². The minimum atomic E-state index is -0.275. The van der Waals surface area contributed by atoms with Gasteiger partial charge >= 0.3 is 17.9 Å². The van der Waals surface area contributed by atoms with Gasteiger partial charge in [-0.05, 0) is 53.1 Å². The third-order valence-electron chi connectivity index (χ3n) is 8.14. The summed E-state index contributed by atoms with van der Waals surface area (Å²) in [6, 6.07) is 51.7.